The van der Waals surface area contributed by atoms with Crippen LogP contribution in [0.4, 0.5) is 0 Å². The molecule has 0 aromatic rings. The van der Waals surface area contributed by atoms with E-state index in [-0.39, 0.29) is 12.5 Å². The van der Waals surface area contributed by atoms with Crippen LogP contribution in [0.1, 0.15) is 348 Å². The molecule has 1 aliphatic heterocycles. The molecule has 1 rings (SSSR count). The summed E-state index contributed by atoms with van der Waals surface area (Å²) in [5, 5.41) is 54.7. The van der Waals surface area contributed by atoms with E-state index in [4.69, 9.17) is 9.47 Å². The molecule has 0 bridgehead atoms. The van der Waals surface area contributed by atoms with E-state index >= 15 is 0 Å². The minimum atomic E-state index is -1.58. The standard InChI is InChI=1S/C72H135NO8/c1-3-5-7-9-11-13-15-17-19-21-23-25-27-29-30-31-32-33-34-35-36-38-40-42-44-46-48-50-52-54-56-58-60-62-68(76)73-65(64-80-72-71(79)70(78)69(77)67(63-74)81-72)66(75)61-59-57-55-53-51-49-47-45-43-41-39-37-28-26-24-22-20-18-16-14-12-10-8-6-4-2/h29-30,43,45,51,53,59,61,65-67,69-72,74-75,77-79H,3-28,31-42,44,46-50,52,54-58,60,62-64H2,1-2H3,(H,73,76)/b30-29-,45-43+,53-51+,61-59+. The van der Waals surface area contributed by atoms with Gasteiger partial charge in [-0.05, 0) is 70.6 Å². The van der Waals surface area contributed by atoms with Crippen LogP contribution in [0, 0.1) is 0 Å². The number of aliphatic hydroxyl groups is 5. The average Bonchev–Trinajstić information content (AvgIpc) is 3.50. The molecule has 476 valence electrons. The molecule has 0 saturated carbocycles. The molecule has 0 radical (unpaired) electrons. The van der Waals surface area contributed by atoms with Crippen LogP contribution < -0.4 is 5.32 Å². The van der Waals surface area contributed by atoms with Crippen molar-refractivity contribution in [2.24, 2.45) is 0 Å². The van der Waals surface area contributed by atoms with Gasteiger partial charge in [0, 0.05) is 6.42 Å². The Morgan fingerprint density at radius 1 is 0.407 bits per heavy atom. The third-order valence-electron chi connectivity index (χ3n) is 16.9. The Morgan fingerprint density at radius 2 is 0.704 bits per heavy atom. The Hall–Kier alpha value is -1.85. The van der Waals surface area contributed by atoms with E-state index in [1.807, 2.05) is 6.08 Å². The number of nitrogens with one attached hydrogen (secondary N) is 1. The monoisotopic (exact) mass is 1140 g/mol. The van der Waals surface area contributed by atoms with Crippen LogP contribution in [0.5, 0.6) is 0 Å². The summed E-state index contributed by atoms with van der Waals surface area (Å²) in [6.07, 6.45) is 76.6. The predicted octanol–water partition coefficient (Wildman–Crippen LogP) is 19.2. The number of carbonyl (C=O) groups excluding carboxylic acids is 1. The maximum Gasteiger partial charge on any atom is 0.220 e. The molecule has 0 aromatic heterocycles. The number of allylic oxidation sites excluding steroid dienone is 7. The fourth-order valence-electron chi connectivity index (χ4n) is 11.3. The highest BCUT2D eigenvalue weighted by Gasteiger charge is 2.44. The van der Waals surface area contributed by atoms with Gasteiger partial charge in [0.2, 0.25) is 5.91 Å². The first kappa shape index (κ1) is 77.2. The number of hydrogen-bond donors (Lipinski definition) is 6. The highest BCUT2D eigenvalue weighted by molar-refractivity contribution is 5.76. The summed E-state index contributed by atoms with van der Waals surface area (Å²) in [6.45, 7) is 3.81. The van der Waals surface area contributed by atoms with E-state index in [1.165, 1.54) is 283 Å². The van der Waals surface area contributed by atoms with Crippen molar-refractivity contribution in [1.82, 2.24) is 5.32 Å². The molecule has 81 heavy (non-hydrogen) atoms. The molecule has 0 aliphatic carbocycles. The van der Waals surface area contributed by atoms with Crippen LogP contribution >= 0.6 is 0 Å². The molecule has 0 aromatic carbocycles. The van der Waals surface area contributed by atoms with Crippen LogP contribution in [0.25, 0.3) is 0 Å². The van der Waals surface area contributed by atoms with Crippen molar-refractivity contribution >= 4 is 5.91 Å². The summed E-state index contributed by atoms with van der Waals surface area (Å²) >= 11 is 0. The third kappa shape index (κ3) is 50.1. The molecule has 1 amide bonds. The van der Waals surface area contributed by atoms with Gasteiger partial charge in [-0.1, -0.05) is 319 Å². The van der Waals surface area contributed by atoms with Crippen LogP contribution in [0.15, 0.2) is 48.6 Å². The first-order valence-corrected chi connectivity index (χ1v) is 35.4. The maximum absolute atomic E-state index is 13.1. The van der Waals surface area contributed by atoms with Crippen molar-refractivity contribution in [2.45, 2.75) is 391 Å². The molecule has 1 saturated heterocycles. The van der Waals surface area contributed by atoms with Gasteiger partial charge in [-0.2, -0.15) is 0 Å². The number of ether oxygens (including phenoxy) is 2. The number of carbonyl (C=O) groups is 1. The van der Waals surface area contributed by atoms with Crippen molar-refractivity contribution in [3.63, 3.8) is 0 Å². The summed E-state index contributed by atoms with van der Waals surface area (Å²) in [5.41, 5.74) is 0. The van der Waals surface area contributed by atoms with Gasteiger partial charge in [0.1, 0.15) is 24.4 Å². The summed E-state index contributed by atoms with van der Waals surface area (Å²) in [4.78, 5) is 13.1. The molecule has 7 atom stereocenters. The summed E-state index contributed by atoms with van der Waals surface area (Å²) in [6, 6.07) is -0.830. The van der Waals surface area contributed by atoms with Crippen molar-refractivity contribution in [1.29, 1.82) is 0 Å². The average molecular weight is 1140 g/mol. The third-order valence-corrected chi connectivity index (χ3v) is 16.9. The van der Waals surface area contributed by atoms with Crippen LogP contribution in [0.3, 0.4) is 0 Å². The lowest BCUT2D eigenvalue weighted by Crippen LogP contribution is -2.60. The van der Waals surface area contributed by atoms with Gasteiger partial charge in [0.25, 0.3) is 0 Å². The van der Waals surface area contributed by atoms with Crippen LogP contribution in [0.2, 0.25) is 0 Å². The van der Waals surface area contributed by atoms with Gasteiger partial charge < -0.3 is 40.3 Å². The number of unbranched alkanes of at least 4 members (excludes halogenated alkanes) is 46. The van der Waals surface area contributed by atoms with E-state index in [0.717, 1.165) is 44.9 Å². The van der Waals surface area contributed by atoms with E-state index in [1.54, 1.807) is 6.08 Å². The molecular weight excluding hydrogens is 1010 g/mol. The first-order valence-electron chi connectivity index (χ1n) is 35.4. The molecule has 1 fully saturated rings. The number of rotatable bonds is 62. The van der Waals surface area contributed by atoms with Crippen molar-refractivity contribution in [3.05, 3.63) is 48.6 Å². The molecule has 6 N–H and O–H groups in total. The van der Waals surface area contributed by atoms with Crippen LogP contribution in [-0.2, 0) is 14.3 Å². The zero-order chi connectivity index (χ0) is 58.6. The smallest absolute Gasteiger partial charge is 0.220 e. The largest absolute Gasteiger partial charge is 0.394 e. The maximum atomic E-state index is 13.1. The quantitative estimate of drug-likeness (QED) is 0.0261. The summed E-state index contributed by atoms with van der Waals surface area (Å²) in [7, 11) is 0. The van der Waals surface area contributed by atoms with E-state index in [2.05, 4.69) is 55.6 Å². The SMILES string of the molecule is CCCCCCCCCCCCCC/C=C\CCCCCCCCCCCCCCCCCCCC(=O)NC(COC1OC(CO)C(O)C(O)C1O)C(O)/C=C/CC/C=C/CC/C=C/CCCCCCCCCCCCCCCCC. The van der Waals surface area contributed by atoms with Crippen molar-refractivity contribution in [3.8, 4) is 0 Å². The zero-order valence-electron chi connectivity index (χ0n) is 53.3. The topological polar surface area (TPSA) is 149 Å². The fraction of sp³-hybridized carbons (Fsp3) is 0.875. The van der Waals surface area contributed by atoms with Crippen molar-refractivity contribution in [2.75, 3.05) is 13.2 Å². The van der Waals surface area contributed by atoms with E-state index in [0.29, 0.717) is 6.42 Å². The lowest BCUT2D eigenvalue weighted by atomic mass is 9.99. The minimum Gasteiger partial charge on any atom is -0.394 e. The number of aliphatic hydroxyl groups excluding tert-OH is 5. The van der Waals surface area contributed by atoms with Gasteiger partial charge >= 0.3 is 0 Å². The lowest BCUT2D eigenvalue weighted by Gasteiger charge is -2.40. The highest BCUT2D eigenvalue weighted by atomic mass is 16.7. The molecule has 1 heterocycles. The number of hydrogen-bond acceptors (Lipinski definition) is 8. The fourth-order valence-corrected chi connectivity index (χ4v) is 11.3. The number of amides is 1. The highest BCUT2D eigenvalue weighted by Crippen LogP contribution is 2.23. The van der Waals surface area contributed by atoms with Gasteiger partial charge in [-0.15, -0.1) is 0 Å². The Kier molecular flexibility index (Phi) is 58.3. The Labute approximate surface area is 501 Å². The molecule has 9 heteroatoms. The Bertz CT molecular complexity index is 1420. The normalized spacial score (nSPS) is 18.6. The lowest BCUT2D eigenvalue weighted by molar-refractivity contribution is -0.302. The van der Waals surface area contributed by atoms with Gasteiger partial charge in [-0.3, -0.25) is 4.79 Å². The molecule has 1 aliphatic rings. The predicted molar refractivity (Wildman–Crippen MR) is 346 cm³/mol. The second kappa shape index (κ2) is 61.2. The van der Waals surface area contributed by atoms with Gasteiger partial charge in [-0.25, -0.2) is 0 Å². The Balaban J connectivity index is 2.14. The van der Waals surface area contributed by atoms with E-state index < -0.39 is 49.5 Å². The van der Waals surface area contributed by atoms with E-state index in [9.17, 15) is 30.3 Å². The summed E-state index contributed by atoms with van der Waals surface area (Å²) in [5.74, 6) is -0.185. The van der Waals surface area contributed by atoms with Gasteiger partial charge in [0.15, 0.2) is 6.29 Å². The van der Waals surface area contributed by atoms with Crippen LogP contribution in [-0.4, -0.2) is 87.5 Å². The molecule has 9 nitrogen and oxygen atoms in total. The summed E-state index contributed by atoms with van der Waals surface area (Å²) < 4.78 is 11.3. The minimum absolute atomic E-state index is 0.185. The van der Waals surface area contributed by atoms with Gasteiger partial charge in [0.05, 0.1) is 25.4 Å². The second-order valence-electron chi connectivity index (χ2n) is 24.7. The Morgan fingerprint density at radius 3 is 1.04 bits per heavy atom. The zero-order valence-corrected chi connectivity index (χ0v) is 53.3. The second-order valence-corrected chi connectivity index (χ2v) is 24.7. The molecule has 7 unspecified atom stereocenters. The first-order chi connectivity index (χ1) is 39.8. The molecular formula is C72H135NO8. The molecule has 0 spiro atoms. The van der Waals surface area contributed by atoms with Crippen molar-refractivity contribution < 1.29 is 39.8 Å².